The van der Waals surface area contributed by atoms with Crippen molar-refractivity contribution in [2.45, 2.75) is 52.2 Å². The summed E-state index contributed by atoms with van der Waals surface area (Å²) in [4.78, 5) is 11.9. The molecule has 0 saturated heterocycles. The van der Waals surface area contributed by atoms with Gasteiger partial charge in [0.25, 0.3) is 0 Å². The number of nitrogens with one attached hydrogen (secondary N) is 1. The molecule has 0 radical (unpaired) electrons. The summed E-state index contributed by atoms with van der Waals surface area (Å²) in [6.07, 6.45) is 1.27. The van der Waals surface area contributed by atoms with Crippen molar-refractivity contribution < 1.29 is 9.53 Å². The first-order chi connectivity index (χ1) is 9.31. The molecule has 0 heterocycles. The molecule has 1 aromatic carbocycles. The van der Waals surface area contributed by atoms with Gasteiger partial charge >= 0.3 is 6.09 Å². The fraction of sp³-hybridized carbons (Fsp3) is 0.562. The topological polar surface area (TPSA) is 64.3 Å². The van der Waals surface area contributed by atoms with Gasteiger partial charge in [0.15, 0.2) is 0 Å². The fourth-order valence-electron chi connectivity index (χ4n) is 1.98. The summed E-state index contributed by atoms with van der Waals surface area (Å²) in [5.74, 6) is 0. The lowest BCUT2D eigenvalue weighted by molar-refractivity contribution is 0.0500. The SMILES string of the molecule is Cc1cccc(C(CCCN)NC(=O)OC(C)(C)C)c1. The molecule has 0 fully saturated rings. The molecule has 1 amide bonds. The second kappa shape index (κ2) is 7.29. The Bertz CT molecular complexity index is 438. The Morgan fingerprint density at radius 2 is 2.10 bits per heavy atom. The first kappa shape index (κ1) is 16.5. The lowest BCUT2D eigenvalue weighted by Gasteiger charge is -2.24. The van der Waals surface area contributed by atoms with Crippen LogP contribution in [0.15, 0.2) is 24.3 Å². The van der Waals surface area contributed by atoms with E-state index in [4.69, 9.17) is 10.5 Å². The van der Waals surface area contributed by atoms with Crippen LogP contribution in [0.2, 0.25) is 0 Å². The van der Waals surface area contributed by atoms with E-state index in [1.807, 2.05) is 45.9 Å². The van der Waals surface area contributed by atoms with Crippen LogP contribution in [0.25, 0.3) is 0 Å². The highest BCUT2D eigenvalue weighted by atomic mass is 16.6. The van der Waals surface area contributed by atoms with Gasteiger partial charge in [-0.05, 0) is 52.6 Å². The van der Waals surface area contributed by atoms with Gasteiger partial charge in [-0.3, -0.25) is 0 Å². The van der Waals surface area contributed by atoms with Crippen LogP contribution in [0.4, 0.5) is 4.79 Å². The molecule has 1 atom stereocenters. The number of amides is 1. The van der Waals surface area contributed by atoms with E-state index in [1.165, 1.54) is 5.56 Å². The zero-order valence-electron chi connectivity index (χ0n) is 12.9. The molecular formula is C16H26N2O2. The van der Waals surface area contributed by atoms with Crippen molar-refractivity contribution in [3.05, 3.63) is 35.4 Å². The zero-order chi connectivity index (χ0) is 15.2. The van der Waals surface area contributed by atoms with Gasteiger partial charge in [0.1, 0.15) is 5.60 Å². The Hall–Kier alpha value is -1.55. The van der Waals surface area contributed by atoms with Gasteiger partial charge in [0.05, 0.1) is 6.04 Å². The van der Waals surface area contributed by atoms with Gasteiger partial charge in [-0.15, -0.1) is 0 Å². The van der Waals surface area contributed by atoms with Crippen molar-refractivity contribution >= 4 is 6.09 Å². The maximum atomic E-state index is 11.9. The molecule has 112 valence electrons. The summed E-state index contributed by atoms with van der Waals surface area (Å²) in [5.41, 5.74) is 7.34. The standard InChI is InChI=1S/C16H26N2O2/c1-12-7-5-8-13(11-12)14(9-6-10-17)18-15(19)20-16(2,3)4/h5,7-8,11,14H,6,9-10,17H2,1-4H3,(H,18,19). The van der Waals surface area contributed by atoms with E-state index >= 15 is 0 Å². The minimum absolute atomic E-state index is 0.0618. The van der Waals surface area contributed by atoms with E-state index in [9.17, 15) is 4.79 Å². The molecule has 1 aromatic rings. The molecule has 4 nitrogen and oxygen atoms in total. The van der Waals surface area contributed by atoms with Crippen molar-refractivity contribution in [1.29, 1.82) is 0 Å². The number of carbonyl (C=O) groups excluding carboxylic acids is 1. The van der Waals surface area contributed by atoms with Crippen LogP contribution in [0.1, 0.15) is 50.8 Å². The smallest absolute Gasteiger partial charge is 0.408 e. The molecule has 3 N–H and O–H groups in total. The van der Waals surface area contributed by atoms with E-state index in [2.05, 4.69) is 11.4 Å². The maximum absolute atomic E-state index is 11.9. The minimum atomic E-state index is -0.491. The highest BCUT2D eigenvalue weighted by Gasteiger charge is 2.20. The van der Waals surface area contributed by atoms with Crippen LogP contribution in [0.3, 0.4) is 0 Å². The average Bonchev–Trinajstić information content (AvgIpc) is 2.32. The minimum Gasteiger partial charge on any atom is -0.444 e. The third kappa shape index (κ3) is 6.06. The van der Waals surface area contributed by atoms with Crippen molar-refractivity contribution in [3.8, 4) is 0 Å². The van der Waals surface area contributed by atoms with Gasteiger partial charge in [-0.2, -0.15) is 0 Å². The molecule has 0 spiro atoms. The summed E-state index contributed by atoms with van der Waals surface area (Å²) in [6, 6.07) is 8.08. The number of carbonyl (C=O) groups is 1. The number of benzene rings is 1. The Kier molecular flexibility index (Phi) is 6.02. The van der Waals surface area contributed by atoms with Crippen molar-refractivity contribution in [2.75, 3.05) is 6.54 Å². The first-order valence-corrected chi connectivity index (χ1v) is 7.08. The predicted molar refractivity (Wildman–Crippen MR) is 81.6 cm³/mol. The van der Waals surface area contributed by atoms with Crippen LogP contribution in [-0.2, 0) is 4.74 Å². The van der Waals surface area contributed by atoms with Crippen LogP contribution in [0, 0.1) is 6.92 Å². The number of ether oxygens (including phenoxy) is 1. The molecule has 0 aliphatic rings. The number of aryl methyl sites for hydroxylation is 1. The highest BCUT2D eigenvalue weighted by Crippen LogP contribution is 2.20. The molecular weight excluding hydrogens is 252 g/mol. The van der Waals surface area contributed by atoms with E-state index < -0.39 is 5.60 Å². The molecule has 0 aliphatic heterocycles. The number of hydrogen-bond donors (Lipinski definition) is 2. The normalized spacial score (nSPS) is 12.8. The van der Waals surface area contributed by atoms with Gasteiger partial charge in [-0.1, -0.05) is 29.8 Å². The largest absolute Gasteiger partial charge is 0.444 e. The van der Waals surface area contributed by atoms with E-state index in [0.717, 1.165) is 18.4 Å². The molecule has 20 heavy (non-hydrogen) atoms. The molecule has 1 unspecified atom stereocenters. The first-order valence-electron chi connectivity index (χ1n) is 7.08. The zero-order valence-corrected chi connectivity index (χ0v) is 12.9. The maximum Gasteiger partial charge on any atom is 0.408 e. The summed E-state index contributed by atoms with van der Waals surface area (Å²) in [7, 11) is 0. The molecule has 4 heteroatoms. The summed E-state index contributed by atoms with van der Waals surface area (Å²) < 4.78 is 5.32. The predicted octanol–water partition coefficient (Wildman–Crippen LogP) is 3.30. The molecule has 1 rings (SSSR count). The quantitative estimate of drug-likeness (QED) is 0.868. The second-order valence-corrected chi connectivity index (χ2v) is 6.04. The van der Waals surface area contributed by atoms with Crippen molar-refractivity contribution in [1.82, 2.24) is 5.32 Å². The Labute approximate surface area is 121 Å². The Morgan fingerprint density at radius 1 is 1.40 bits per heavy atom. The van der Waals surface area contributed by atoms with Crippen molar-refractivity contribution in [2.24, 2.45) is 5.73 Å². The van der Waals surface area contributed by atoms with Crippen LogP contribution in [0.5, 0.6) is 0 Å². The fourth-order valence-corrected chi connectivity index (χ4v) is 1.98. The molecule has 0 aliphatic carbocycles. The van der Waals surface area contributed by atoms with Crippen LogP contribution in [-0.4, -0.2) is 18.2 Å². The molecule has 0 aromatic heterocycles. The van der Waals surface area contributed by atoms with E-state index in [1.54, 1.807) is 0 Å². The third-order valence-electron chi connectivity index (χ3n) is 2.83. The Morgan fingerprint density at radius 3 is 2.65 bits per heavy atom. The third-order valence-corrected chi connectivity index (χ3v) is 2.83. The molecule has 0 saturated carbocycles. The van der Waals surface area contributed by atoms with Gasteiger partial charge < -0.3 is 15.8 Å². The highest BCUT2D eigenvalue weighted by molar-refractivity contribution is 5.68. The lowest BCUT2D eigenvalue weighted by atomic mass is 10.0. The van der Waals surface area contributed by atoms with Crippen molar-refractivity contribution in [3.63, 3.8) is 0 Å². The summed E-state index contributed by atoms with van der Waals surface area (Å²) in [6.45, 7) is 8.21. The molecule has 0 bridgehead atoms. The Balaban J connectivity index is 2.77. The number of alkyl carbamates (subject to hydrolysis) is 1. The summed E-state index contributed by atoms with van der Waals surface area (Å²) >= 11 is 0. The van der Waals surface area contributed by atoms with Gasteiger partial charge in [-0.25, -0.2) is 4.79 Å². The average molecular weight is 278 g/mol. The van der Waals surface area contributed by atoms with Crippen LogP contribution >= 0.6 is 0 Å². The lowest BCUT2D eigenvalue weighted by Crippen LogP contribution is -2.35. The number of nitrogens with two attached hydrogens (primary N) is 1. The van der Waals surface area contributed by atoms with Gasteiger partial charge in [0.2, 0.25) is 0 Å². The summed E-state index contributed by atoms with van der Waals surface area (Å²) in [5, 5.41) is 2.94. The van der Waals surface area contributed by atoms with Gasteiger partial charge in [0, 0.05) is 0 Å². The van der Waals surface area contributed by atoms with Crippen LogP contribution < -0.4 is 11.1 Å². The van der Waals surface area contributed by atoms with E-state index in [0.29, 0.717) is 6.54 Å². The second-order valence-electron chi connectivity index (χ2n) is 6.04. The van der Waals surface area contributed by atoms with E-state index in [-0.39, 0.29) is 12.1 Å². The number of rotatable bonds is 5. The monoisotopic (exact) mass is 278 g/mol. The number of hydrogen-bond acceptors (Lipinski definition) is 3.